The van der Waals surface area contributed by atoms with E-state index in [1.807, 2.05) is 48.5 Å². The molecule has 2 rings (SSSR count). The average molecular weight is 275 g/mol. The maximum atomic E-state index is 11.2. The van der Waals surface area contributed by atoms with Crippen LogP contribution in [0.5, 0.6) is 0 Å². The molecule has 0 fully saturated rings. The average Bonchev–Trinajstić information content (AvgIpc) is 2.38. The van der Waals surface area contributed by atoms with Gasteiger partial charge in [0.05, 0.1) is 5.41 Å². The van der Waals surface area contributed by atoms with Crippen LogP contribution in [0.25, 0.3) is 11.1 Å². The molecule has 0 atom stereocenters. The van der Waals surface area contributed by atoms with Crippen molar-refractivity contribution in [3.05, 3.63) is 59.1 Å². The summed E-state index contributed by atoms with van der Waals surface area (Å²) in [6.07, 6.45) is 0. The summed E-state index contributed by atoms with van der Waals surface area (Å²) in [7, 11) is 0. The highest BCUT2D eigenvalue weighted by atomic mass is 35.5. The number of hydrogen-bond acceptors (Lipinski definition) is 1. The fraction of sp³-hybridized carbons (Fsp3) is 0.188. The lowest BCUT2D eigenvalue weighted by Gasteiger charge is -2.19. The molecule has 98 valence electrons. The zero-order chi connectivity index (χ0) is 14.0. The smallest absolute Gasteiger partial charge is 0.313 e. The summed E-state index contributed by atoms with van der Waals surface area (Å²) in [6, 6.07) is 15.1. The van der Waals surface area contributed by atoms with E-state index in [4.69, 9.17) is 11.6 Å². The van der Waals surface area contributed by atoms with Gasteiger partial charge in [0.25, 0.3) is 0 Å². The Bertz CT molecular complexity index is 600. The highest BCUT2D eigenvalue weighted by Crippen LogP contribution is 2.27. The van der Waals surface area contributed by atoms with Crippen LogP contribution in [0.1, 0.15) is 19.4 Å². The van der Waals surface area contributed by atoms with Crippen LogP contribution in [-0.2, 0) is 10.2 Å². The van der Waals surface area contributed by atoms with Gasteiger partial charge in [-0.05, 0) is 42.7 Å². The summed E-state index contributed by atoms with van der Waals surface area (Å²) in [5, 5.41) is 9.89. The second kappa shape index (κ2) is 5.06. The van der Waals surface area contributed by atoms with Crippen molar-refractivity contribution in [2.45, 2.75) is 19.3 Å². The molecule has 2 aromatic carbocycles. The van der Waals surface area contributed by atoms with Gasteiger partial charge < -0.3 is 5.11 Å². The van der Waals surface area contributed by atoms with Gasteiger partial charge in [-0.15, -0.1) is 0 Å². The lowest BCUT2D eigenvalue weighted by Crippen LogP contribution is -2.28. The van der Waals surface area contributed by atoms with Crippen LogP contribution >= 0.6 is 11.6 Å². The van der Waals surface area contributed by atoms with E-state index < -0.39 is 11.4 Å². The summed E-state index contributed by atoms with van der Waals surface area (Å²) in [5.74, 6) is -0.831. The molecule has 0 spiro atoms. The van der Waals surface area contributed by atoms with E-state index in [9.17, 15) is 9.90 Å². The number of carboxylic acids is 1. The van der Waals surface area contributed by atoms with Crippen molar-refractivity contribution in [1.29, 1.82) is 0 Å². The molecule has 0 saturated heterocycles. The van der Waals surface area contributed by atoms with E-state index in [0.717, 1.165) is 16.7 Å². The van der Waals surface area contributed by atoms with E-state index in [-0.39, 0.29) is 0 Å². The third kappa shape index (κ3) is 2.79. The molecule has 2 aromatic rings. The van der Waals surface area contributed by atoms with Crippen molar-refractivity contribution in [2.24, 2.45) is 0 Å². The molecule has 3 heteroatoms. The number of hydrogen-bond donors (Lipinski definition) is 1. The highest BCUT2D eigenvalue weighted by Gasteiger charge is 2.29. The van der Waals surface area contributed by atoms with E-state index in [0.29, 0.717) is 5.02 Å². The summed E-state index contributed by atoms with van der Waals surface area (Å²) < 4.78 is 0. The molecule has 1 N–H and O–H groups in total. The summed E-state index contributed by atoms with van der Waals surface area (Å²) in [5.41, 5.74) is 1.94. The Balaban J connectivity index is 2.36. The molecule has 0 saturated carbocycles. The van der Waals surface area contributed by atoms with Crippen molar-refractivity contribution in [1.82, 2.24) is 0 Å². The molecule has 0 bridgehead atoms. The molecular weight excluding hydrogens is 260 g/mol. The molecule has 0 aromatic heterocycles. The molecule has 0 unspecified atom stereocenters. The first-order chi connectivity index (χ1) is 8.91. The van der Waals surface area contributed by atoms with Crippen molar-refractivity contribution in [2.75, 3.05) is 0 Å². The van der Waals surface area contributed by atoms with Crippen LogP contribution in [0.3, 0.4) is 0 Å². The minimum atomic E-state index is -0.882. The minimum absolute atomic E-state index is 0.687. The van der Waals surface area contributed by atoms with Gasteiger partial charge in [-0.3, -0.25) is 4.79 Å². The first-order valence-corrected chi connectivity index (χ1v) is 6.39. The standard InChI is InChI=1S/C16H15ClO2/c1-16(2,15(18)19)13-8-6-11(7-9-13)12-4-3-5-14(17)10-12/h3-10H,1-2H3,(H,18,19). The van der Waals surface area contributed by atoms with Crippen molar-refractivity contribution >= 4 is 17.6 Å². The van der Waals surface area contributed by atoms with Gasteiger partial charge in [0.1, 0.15) is 0 Å². The number of rotatable bonds is 3. The van der Waals surface area contributed by atoms with Crippen LogP contribution in [0.15, 0.2) is 48.5 Å². The molecule has 0 aliphatic heterocycles. The monoisotopic (exact) mass is 274 g/mol. The SMILES string of the molecule is CC(C)(C(=O)O)c1ccc(-c2cccc(Cl)c2)cc1. The Morgan fingerprint density at radius 2 is 1.68 bits per heavy atom. The first-order valence-electron chi connectivity index (χ1n) is 6.01. The van der Waals surface area contributed by atoms with Gasteiger partial charge in [0.15, 0.2) is 0 Å². The van der Waals surface area contributed by atoms with Crippen LogP contribution in [0.2, 0.25) is 5.02 Å². The highest BCUT2D eigenvalue weighted by molar-refractivity contribution is 6.30. The Kier molecular flexibility index (Phi) is 3.63. The van der Waals surface area contributed by atoms with Crippen molar-refractivity contribution in [3.63, 3.8) is 0 Å². The second-order valence-corrected chi connectivity index (χ2v) is 5.45. The summed E-state index contributed by atoms with van der Waals surface area (Å²) in [6.45, 7) is 3.40. The van der Waals surface area contributed by atoms with Crippen LogP contribution in [0, 0.1) is 0 Å². The topological polar surface area (TPSA) is 37.3 Å². The number of carboxylic acid groups (broad SMARTS) is 1. The third-order valence-corrected chi connectivity index (χ3v) is 3.53. The molecule has 0 aliphatic rings. The predicted molar refractivity (Wildman–Crippen MR) is 77.5 cm³/mol. The van der Waals surface area contributed by atoms with E-state index >= 15 is 0 Å². The summed E-state index contributed by atoms with van der Waals surface area (Å²) >= 11 is 5.96. The Labute approximate surface area is 117 Å². The molecule has 19 heavy (non-hydrogen) atoms. The largest absolute Gasteiger partial charge is 0.481 e. The van der Waals surface area contributed by atoms with Gasteiger partial charge in [-0.1, -0.05) is 48.0 Å². The van der Waals surface area contributed by atoms with Crippen molar-refractivity contribution < 1.29 is 9.90 Å². The van der Waals surface area contributed by atoms with Crippen molar-refractivity contribution in [3.8, 4) is 11.1 Å². The van der Waals surface area contributed by atoms with E-state index in [2.05, 4.69) is 0 Å². The van der Waals surface area contributed by atoms with Gasteiger partial charge in [-0.2, -0.15) is 0 Å². The maximum absolute atomic E-state index is 11.2. The van der Waals surface area contributed by atoms with Crippen LogP contribution in [-0.4, -0.2) is 11.1 Å². The fourth-order valence-corrected chi connectivity index (χ4v) is 2.06. The predicted octanol–water partition coefficient (Wildman–Crippen LogP) is 4.37. The minimum Gasteiger partial charge on any atom is -0.481 e. The van der Waals surface area contributed by atoms with Crippen LogP contribution < -0.4 is 0 Å². The van der Waals surface area contributed by atoms with Gasteiger partial charge in [0.2, 0.25) is 0 Å². The van der Waals surface area contributed by atoms with E-state index in [1.54, 1.807) is 13.8 Å². The Morgan fingerprint density at radius 3 is 2.21 bits per heavy atom. The number of aliphatic carboxylic acids is 1. The first kappa shape index (κ1) is 13.6. The summed E-state index contributed by atoms with van der Waals surface area (Å²) in [4.78, 5) is 11.2. The number of halogens is 1. The van der Waals surface area contributed by atoms with E-state index in [1.165, 1.54) is 0 Å². The molecule has 2 nitrogen and oxygen atoms in total. The molecule has 0 heterocycles. The molecule has 0 amide bonds. The Hall–Kier alpha value is -1.80. The van der Waals surface area contributed by atoms with Gasteiger partial charge in [-0.25, -0.2) is 0 Å². The number of carbonyl (C=O) groups is 1. The maximum Gasteiger partial charge on any atom is 0.313 e. The lowest BCUT2D eigenvalue weighted by molar-refractivity contribution is -0.142. The van der Waals surface area contributed by atoms with Gasteiger partial charge in [0, 0.05) is 5.02 Å². The molecule has 0 aliphatic carbocycles. The lowest BCUT2D eigenvalue weighted by atomic mass is 9.84. The van der Waals surface area contributed by atoms with Crippen LogP contribution in [0.4, 0.5) is 0 Å². The zero-order valence-electron chi connectivity index (χ0n) is 10.9. The molecular formula is C16H15ClO2. The third-order valence-electron chi connectivity index (χ3n) is 3.30. The zero-order valence-corrected chi connectivity index (χ0v) is 11.6. The van der Waals surface area contributed by atoms with Gasteiger partial charge >= 0.3 is 5.97 Å². The quantitative estimate of drug-likeness (QED) is 0.902. The normalized spacial score (nSPS) is 11.3. The Morgan fingerprint density at radius 1 is 1.05 bits per heavy atom. The second-order valence-electron chi connectivity index (χ2n) is 5.02. The fourth-order valence-electron chi connectivity index (χ4n) is 1.87. The number of benzene rings is 2. The molecule has 0 radical (unpaired) electrons.